The van der Waals surface area contributed by atoms with E-state index in [1.807, 2.05) is 13.0 Å². The highest BCUT2D eigenvalue weighted by atomic mass is 35.5. The summed E-state index contributed by atoms with van der Waals surface area (Å²) in [5.41, 5.74) is 7.65. The van der Waals surface area contributed by atoms with Crippen LogP contribution in [-0.4, -0.2) is 0 Å². The van der Waals surface area contributed by atoms with Crippen molar-refractivity contribution in [3.05, 3.63) is 56.7 Å². The van der Waals surface area contributed by atoms with Gasteiger partial charge in [-0.3, -0.25) is 0 Å². The second kappa shape index (κ2) is 4.63. The molecule has 0 radical (unpaired) electrons. The van der Waals surface area contributed by atoms with E-state index in [0.717, 1.165) is 15.8 Å². The third-order valence-corrected chi connectivity index (χ3v) is 4.43. The van der Waals surface area contributed by atoms with Gasteiger partial charge in [0.25, 0.3) is 0 Å². The smallest absolute Gasteiger partial charge is 0.137 e. The van der Waals surface area contributed by atoms with Gasteiger partial charge in [-0.05, 0) is 31.2 Å². The largest absolute Gasteiger partial charge is 0.459 e. The van der Waals surface area contributed by atoms with E-state index in [0.29, 0.717) is 15.7 Å². The lowest BCUT2D eigenvalue weighted by Gasteiger charge is -2.07. The van der Waals surface area contributed by atoms with E-state index < -0.39 is 0 Å². The van der Waals surface area contributed by atoms with Gasteiger partial charge < -0.3 is 10.2 Å². The van der Waals surface area contributed by atoms with E-state index in [4.69, 9.17) is 21.8 Å². The van der Waals surface area contributed by atoms with E-state index in [1.54, 1.807) is 12.1 Å². The van der Waals surface area contributed by atoms with Crippen LogP contribution in [0.3, 0.4) is 0 Å². The zero-order valence-electron chi connectivity index (χ0n) is 10.1. The third kappa shape index (κ3) is 2.16. The van der Waals surface area contributed by atoms with E-state index in [-0.39, 0.29) is 11.9 Å². The summed E-state index contributed by atoms with van der Waals surface area (Å²) in [5, 5.41) is 0.884. The molecule has 2 N–H and O–H groups in total. The molecule has 1 unspecified atom stereocenters. The predicted molar refractivity (Wildman–Crippen MR) is 76.3 cm³/mol. The molecule has 1 atom stereocenters. The molecule has 98 valence electrons. The van der Waals surface area contributed by atoms with Crippen LogP contribution in [-0.2, 0) is 0 Å². The van der Waals surface area contributed by atoms with Crippen molar-refractivity contribution in [3.63, 3.8) is 0 Å². The van der Waals surface area contributed by atoms with Gasteiger partial charge >= 0.3 is 0 Å². The lowest BCUT2D eigenvalue weighted by atomic mass is 10.1. The maximum Gasteiger partial charge on any atom is 0.137 e. The molecule has 2 nitrogen and oxygen atoms in total. The molecule has 0 amide bonds. The number of fused-ring (bicyclic) bond motifs is 1. The van der Waals surface area contributed by atoms with Gasteiger partial charge in [-0.25, -0.2) is 4.39 Å². The van der Waals surface area contributed by atoms with Crippen LogP contribution in [0.5, 0.6) is 0 Å². The lowest BCUT2D eigenvalue weighted by molar-refractivity contribution is 0.521. The first-order valence-electron chi connectivity index (χ1n) is 5.75. The molecule has 0 saturated heterocycles. The normalized spacial score (nSPS) is 13.1. The van der Waals surface area contributed by atoms with Crippen molar-refractivity contribution in [1.82, 2.24) is 0 Å². The minimum absolute atomic E-state index is 0.319. The predicted octanol–water partition coefficient (Wildman–Crippen LogP) is 4.64. The first-order chi connectivity index (χ1) is 9.06. The van der Waals surface area contributed by atoms with E-state index in [9.17, 15) is 4.39 Å². The molecule has 3 aromatic rings. The maximum atomic E-state index is 13.2. The summed E-state index contributed by atoms with van der Waals surface area (Å²) in [5.74, 6) is 0.333. The molecule has 0 saturated carbocycles. The van der Waals surface area contributed by atoms with Gasteiger partial charge in [0.2, 0.25) is 0 Å². The van der Waals surface area contributed by atoms with Gasteiger partial charge in [0.05, 0.1) is 10.4 Å². The van der Waals surface area contributed by atoms with Crippen LogP contribution < -0.4 is 5.73 Å². The molecule has 19 heavy (non-hydrogen) atoms. The number of hydrogen-bond donors (Lipinski definition) is 1. The molecular weight excluding hydrogens is 285 g/mol. The molecule has 2 heterocycles. The van der Waals surface area contributed by atoms with Crippen molar-refractivity contribution in [2.45, 2.75) is 13.0 Å². The summed E-state index contributed by atoms with van der Waals surface area (Å²) < 4.78 is 19.6. The number of aryl methyl sites for hydroxylation is 1. The number of thiophene rings is 1. The Balaban J connectivity index is 2.12. The zero-order chi connectivity index (χ0) is 13.6. The monoisotopic (exact) mass is 295 g/mol. The van der Waals surface area contributed by atoms with Gasteiger partial charge in [0.15, 0.2) is 0 Å². The molecule has 0 aliphatic heterocycles. The molecule has 2 aromatic heterocycles. The van der Waals surface area contributed by atoms with Crippen molar-refractivity contribution in [3.8, 4) is 0 Å². The molecule has 0 spiro atoms. The summed E-state index contributed by atoms with van der Waals surface area (Å²) >= 11 is 7.33. The minimum atomic E-state index is -0.382. The third-order valence-electron chi connectivity index (χ3n) is 3.12. The van der Waals surface area contributed by atoms with E-state index >= 15 is 0 Å². The fourth-order valence-corrected chi connectivity index (χ4v) is 3.20. The van der Waals surface area contributed by atoms with Crippen molar-refractivity contribution in [2.75, 3.05) is 0 Å². The summed E-state index contributed by atoms with van der Waals surface area (Å²) in [6, 6.07) is 7.81. The Bertz CT molecular complexity index is 749. The highest BCUT2D eigenvalue weighted by molar-refractivity contribution is 7.16. The standard InChI is InChI=1S/C14H11ClFNOS/c1-7-9-3-2-8(16)6-10(9)18-14(7)13(17)11-4-5-12(15)19-11/h2-6,13H,17H2,1H3. The second-order valence-electron chi connectivity index (χ2n) is 4.35. The Morgan fingerprint density at radius 2 is 2.11 bits per heavy atom. The van der Waals surface area contributed by atoms with E-state index in [1.165, 1.54) is 23.5 Å². The number of nitrogens with two attached hydrogens (primary N) is 1. The Kier molecular flexibility index (Phi) is 3.09. The fourth-order valence-electron chi connectivity index (χ4n) is 2.14. The van der Waals surface area contributed by atoms with Crippen molar-refractivity contribution in [1.29, 1.82) is 0 Å². The Labute approximate surface area is 118 Å². The molecule has 0 fully saturated rings. The number of benzene rings is 1. The highest BCUT2D eigenvalue weighted by Crippen LogP contribution is 2.35. The highest BCUT2D eigenvalue weighted by Gasteiger charge is 2.20. The number of hydrogen-bond acceptors (Lipinski definition) is 3. The SMILES string of the molecule is Cc1c(C(N)c2ccc(Cl)s2)oc2cc(F)ccc12. The molecular formula is C14H11ClFNOS. The van der Waals surface area contributed by atoms with Gasteiger partial charge in [0.1, 0.15) is 17.2 Å². The Morgan fingerprint density at radius 1 is 1.32 bits per heavy atom. The molecule has 0 aliphatic rings. The van der Waals surface area contributed by atoms with Crippen molar-refractivity contribution in [2.24, 2.45) is 5.73 Å². The minimum Gasteiger partial charge on any atom is -0.459 e. The number of rotatable bonds is 2. The zero-order valence-corrected chi connectivity index (χ0v) is 11.7. The van der Waals surface area contributed by atoms with Crippen LogP contribution in [0.2, 0.25) is 4.34 Å². The summed E-state index contributed by atoms with van der Waals surface area (Å²) in [4.78, 5) is 0.924. The number of furan rings is 1. The Morgan fingerprint density at radius 3 is 2.79 bits per heavy atom. The van der Waals surface area contributed by atoms with Crippen LogP contribution in [0.4, 0.5) is 4.39 Å². The van der Waals surface area contributed by atoms with Gasteiger partial charge in [-0.1, -0.05) is 11.6 Å². The molecule has 3 rings (SSSR count). The van der Waals surface area contributed by atoms with Crippen molar-refractivity contribution >= 4 is 33.9 Å². The molecule has 0 bridgehead atoms. The topological polar surface area (TPSA) is 39.2 Å². The summed E-state index contributed by atoms with van der Waals surface area (Å²) in [7, 11) is 0. The maximum absolute atomic E-state index is 13.2. The van der Waals surface area contributed by atoms with Gasteiger partial charge in [-0.2, -0.15) is 0 Å². The summed E-state index contributed by atoms with van der Waals surface area (Å²) in [6.45, 7) is 1.92. The fraction of sp³-hybridized carbons (Fsp3) is 0.143. The average Bonchev–Trinajstić information content (AvgIpc) is 2.93. The van der Waals surface area contributed by atoms with Crippen LogP contribution in [0.1, 0.15) is 22.2 Å². The van der Waals surface area contributed by atoms with E-state index in [2.05, 4.69) is 0 Å². The van der Waals surface area contributed by atoms with Gasteiger partial charge in [-0.15, -0.1) is 11.3 Å². The Hall–Kier alpha value is -1.36. The number of halogens is 2. The molecule has 1 aromatic carbocycles. The first kappa shape index (κ1) is 12.7. The van der Waals surface area contributed by atoms with Crippen LogP contribution >= 0.6 is 22.9 Å². The van der Waals surface area contributed by atoms with Crippen LogP contribution in [0.25, 0.3) is 11.0 Å². The van der Waals surface area contributed by atoms with Crippen LogP contribution in [0, 0.1) is 12.7 Å². The average molecular weight is 296 g/mol. The lowest BCUT2D eigenvalue weighted by Crippen LogP contribution is -2.10. The van der Waals surface area contributed by atoms with Gasteiger partial charge in [0, 0.05) is 21.9 Å². The second-order valence-corrected chi connectivity index (χ2v) is 6.10. The molecule has 0 aliphatic carbocycles. The quantitative estimate of drug-likeness (QED) is 0.748. The summed E-state index contributed by atoms with van der Waals surface area (Å²) in [6.07, 6.45) is 0. The van der Waals surface area contributed by atoms with Crippen molar-refractivity contribution < 1.29 is 8.81 Å². The first-order valence-corrected chi connectivity index (χ1v) is 6.95. The van der Waals surface area contributed by atoms with Crippen LogP contribution in [0.15, 0.2) is 34.7 Å². The molecule has 5 heteroatoms.